The fraction of sp³-hybridized carbons (Fsp3) is 0.480. The molecule has 1 fully saturated rings. The first-order valence-electron chi connectivity index (χ1n) is 11.0. The van der Waals surface area contributed by atoms with E-state index in [1.165, 1.54) is 11.1 Å². The number of quaternary nitrogens is 1. The second-order valence-corrected chi connectivity index (χ2v) is 8.60. The molecule has 29 heavy (non-hydrogen) atoms. The Morgan fingerprint density at radius 2 is 1.79 bits per heavy atom. The topological polar surface area (TPSA) is 42.8 Å². The minimum absolute atomic E-state index is 0.187. The van der Waals surface area contributed by atoms with E-state index in [9.17, 15) is 4.79 Å². The van der Waals surface area contributed by atoms with E-state index in [1.54, 1.807) is 4.90 Å². The number of hydrogen-bond acceptors (Lipinski definition) is 2. The maximum Gasteiger partial charge on any atom is 0.223 e. The van der Waals surface area contributed by atoms with E-state index in [4.69, 9.17) is 4.74 Å². The Morgan fingerprint density at radius 3 is 2.52 bits per heavy atom. The Kier molecular flexibility index (Phi) is 8.12. The zero-order valence-electron chi connectivity index (χ0n) is 17.8. The monoisotopic (exact) mass is 395 g/mol. The van der Waals surface area contributed by atoms with Gasteiger partial charge in [0, 0.05) is 30.9 Å². The highest BCUT2D eigenvalue weighted by Crippen LogP contribution is 2.16. The minimum Gasteiger partial charge on any atom is -0.489 e. The third-order valence-electron chi connectivity index (χ3n) is 5.69. The predicted molar refractivity (Wildman–Crippen MR) is 117 cm³/mol. The van der Waals surface area contributed by atoms with Gasteiger partial charge in [0.15, 0.2) is 0 Å². The number of carbonyl (C=O) groups is 1. The van der Waals surface area contributed by atoms with E-state index < -0.39 is 0 Å². The molecule has 0 spiro atoms. The lowest BCUT2D eigenvalue weighted by Gasteiger charge is -2.28. The van der Waals surface area contributed by atoms with Crippen LogP contribution < -0.4 is 15.0 Å². The van der Waals surface area contributed by atoms with E-state index in [-0.39, 0.29) is 11.8 Å². The second-order valence-electron chi connectivity index (χ2n) is 8.60. The number of benzene rings is 2. The smallest absolute Gasteiger partial charge is 0.223 e. The first-order chi connectivity index (χ1) is 14.1. The molecule has 1 amide bonds. The van der Waals surface area contributed by atoms with Crippen molar-refractivity contribution in [1.29, 1.82) is 0 Å². The summed E-state index contributed by atoms with van der Waals surface area (Å²) in [6, 6.07) is 18.7. The van der Waals surface area contributed by atoms with E-state index in [1.807, 2.05) is 24.3 Å². The Balaban J connectivity index is 1.42. The molecule has 4 heteroatoms. The molecule has 156 valence electrons. The highest BCUT2D eigenvalue weighted by Gasteiger charge is 2.27. The lowest BCUT2D eigenvalue weighted by atomic mass is 9.95. The predicted octanol–water partition coefficient (Wildman–Crippen LogP) is 3.22. The summed E-state index contributed by atoms with van der Waals surface area (Å²) >= 11 is 0. The van der Waals surface area contributed by atoms with Crippen LogP contribution in [0.2, 0.25) is 0 Å². The van der Waals surface area contributed by atoms with Gasteiger partial charge >= 0.3 is 0 Å². The molecule has 0 bridgehead atoms. The van der Waals surface area contributed by atoms with E-state index in [0.717, 1.165) is 51.2 Å². The Bertz CT molecular complexity index is 752. The van der Waals surface area contributed by atoms with Gasteiger partial charge in [0.2, 0.25) is 5.91 Å². The summed E-state index contributed by atoms with van der Waals surface area (Å²) in [5, 5.41) is 3.12. The fourth-order valence-corrected chi connectivity index (χ4v) is 3.87. The summed E-state index contributed by atoms with van der Waals surface area (Å²) in [5.74, 6) is 1.99. The summed E-state index contributed by atoms with van der Waals surface area (Å²) in [7, 11) is 0. The van der Waals surface area contributed by atoms with Gasteiger partial charge in [-0.2, -0.15) is 0 Å². The molecule has 0 aliphatic carbocycles. The summed E-state index contributed by atoms with van der Waals surface area (Å²) in [6.45, 7) is 8.87. The van der Waals surface area contributed by atoms with Crippen molar-refractivity contribution in [2.45, 2.75) is 46.3 Å². The molecule has 2 aromatic carbocycles. The number of rotatable bonds is 9. The van der Waals surface area contributed by atoms with Crippen LogP contribution in [0.4, 0.5) is 0 Å². The lowest BCUT2D eigenvalue weighted by Crippen LogP contribution is -3.11. The van der Waals surface area contributed by atoms with Crippen LogP contribution in [0.25, 0.3) is 0 Å². The van der Waals surface area contributed by atoms with Gasteiger partial charge in [0.05, 0.1) is 13.1 Å². The number of nitrogens with one attached hydrogen (secondary N) is 2. The lowest BCUT2D eigenvalue weighted by molar-refractivity contribution is -0.919. The van der Waals surface area contributed by atoms with Crippen molar-refractivity contribution in [2.75, 3.05) is 19.6 Å². The van der Waals surface area contributed by atoms with Crippen molar-refractivity contribution in [1.82, 2.24) is 5.32 Å². The molecule has 1 heterocycles. The SMILES string of the molecule is CC(C)CCNC(=O)C1CC[NH+](Cc2cccc(OCc3ccccc3)c2)CC1. The molecule has 1 saturated heterocycles. The Hall–Kier alpha value is -2.33. The van der Waals surface area contributed by atoms with Gasteiger partial charge in [-0.3, -0.25) is 4.79 Å². The number of likely N-dealkylation sites (tertiary alicyclic amines) is 1. The number of hydrogen-bond donors (Lipinski definition) is 2. The summed E-state index contributed by atoms with van der Waals surface area (Å²) in [6.07, 6.45) is 3.01. The van der Waals surface area contributed by atoms with Crippen molar-refractivity contribution < 1.29 is 14.4 Å². The molecule has 2 N–H and O–H groups in total. The van der Waals surface area contributed by atoms with Crippen LogP contribution in [0.3, 0.4) is 0 Å². The first-order valence-corrected chi connectivity index (χ1v) is 11.0. The Morgan fingerprint density at radius 1 is 1.07 bits per heavy atom. The maximum atomic E-state index is 12.3. The summed E-state index contributed by atoms with van der Waals surface area (Å²) in [5.41, 5.74) is 2.47. The molecular weight excluding hydrogens is 360 g/mol. The van der Waals surface area contributed by atoms with Gasteiger partial charge < -0.3 is 15.0 Å². The van der Waals surface area contributed by atoms with Crippen molar-refractivity contribution >= 4 is 5.91 Å². The number of amides is 1. The average molecular weight is 396 g/mol. The van der Waals surface area contributed by atoms with Crippen LogP contribution in [0, 0.1) is 11.8 Å². The zero-order chi connectivity index (χ0) is 20.5. The minimum atomic E-state index is 0.187. The zero-order valence-corrected chi connectivity index (χ0v) is 17.8. The highest BCUT2D eigenvalue weighted by atomic mass is 16.5. The molecule has 2 aromatic rings. The molecule has 3 rings (SSSR count). The fourth-order valence-electron chi connectivity index (χ4n) is 3.87. The quantitative estimate of drug-likeness (QED) is 0.685. The van der Waals surface area contributed by atoms with Gasteiger partial charge in [0.25, 0.3) is 0 Å². The molecule has 0 radical (unpaired) electrons. The Labute approximate surface area is 175 Å². The molecule has 1 aliphatic rings. The van der Waals surface area contributed by atoms with Gasteiger partial charge in [-0.25, -0.2) is 0 Å². The van der Waals surface area contributed by atoms with Crippen LogP contribution in [-0.4, -0.2) is 25.5 Å². The number of carbonyl (C=O) groups excluding carboxylic acids is 1. The van der Waals surface area contributed by atoms with E-state index in [0.29, 0.717) is 12.5 Å². The third kappa shape index (κ3) is 7.21. The van der Waals surface area contributed by atoms with Gasteiger partial charge in [0.1, 0.15) is 18.9 Å². The standard InChI is InChI=1S/C25H34N2O2/c1-20(2)11-14-26-25(28)23-12-15-27(16-13-23)18-22-9-6-10-24(17-22)29-19-21-7-4-3-5-8-21/h3-10,17,20,23H,11-16,18-19H2,1-2H3,(H,26,28)/p+1. The van der Waals surface area contributed by atoms with Crippen LogP contribution in [0.1, 0.15) is 44.2 Å². The number of ether oxygens (including phenoxy) is 1. The van der Waals surface area contributed by atoms with Gasteiger partial charge in [-0.1, -0.05) is 56.3 Å². The van der Waals surface area contributed by atoms with Crippen LogP contribution in [0.5, 0.6) is 5.75 Å². The molecule has 1 aliphatic heterocycles. The van der Waals surface area contributed by atoms with Crippen LogP contribution in [-0.2, 0) is 17.9 Å². The largest absolute Gasteiger partial charge is 0.489 e. The third-order valence-corrected chi connectivity index (χ3v) is 5.69. The van der Waals surface area contributed by atoms with Gasteiger partial charge in [-0.15, -0.1) is 0 Å². The normalized spacial score (nSPS) is 19.1. The van der Waals surface area contributed by atoms with Crippen LogP contribution in [0.15, 0.2) is 54.6 Å². The van der Waals surface area contributed by atoms with Crippen molar-refractivity contribution in [3.63, 3.8) is 0 Å². The molecule has 0 atom stereocenters. The second kappa shape index (κ2) is 11.0. The summed E-state index contributed by atoms with van der Waals surface area (Å²) < 4.78 is 5.96. The highest BCUT2D eigenvalue weighted by molar-refractivity contribution is 5.78. The van der Waals surface area contributed by atoms with Crippen LogP contribution >= 0.6 is 0 Å². The van der Waals surface area contributed by atoms with E-state index in [2.05, 4.69) is 49.5 Å². The van der Waals surface area contributed by atoms with Crippen molar-refractivity contribution in [3.8, 4) is 5.75 Å². The molecular formula is C25H35N2O2+. The molecule has 0 saturated carbocycles. The molecule has 0 aromatic heterocycles. The van der Waals surface area contributed by atoms with Gasteiger partial charge in [-0.05, 0) is 30.0 Å². The van der Waals surface area contributed by atoms with E-state index >= 15 is 0 Å². The molecule has 0 unspecified atom stereocenters. The number of piperidine rings is 1. The molecule has 4 nitrogen and oxygen atoms in total. The maximum absolute atomic E-state index is 12.3. The van der Waals surface area contributed by atoms with Crippen molar-refractivity contribution in [2.24, 2.45) is 11.8 Å². The van der Waals surface area contributed by atoms with Crippen molar-refractivity contribution in [3.05, 3.63) is 65.7 Å². The first kappa shape index (κ1) is 21.4. The summed E-state index contributed by atoms with van der Waals surface area (Å²) in [4.78, 5) is 13.9. The average Bonchev–Trinajstić information content (AvgIpc) is 2.73.